The fourth-order valence-corrected chi connectivity index (χ4v) is 3.95. The van der Waals surface area contributed by atoms with Crippen LogP contribution in [0.3, 0.4) is 0 Å². The molecule has 6 nitrogen and oxygen atoms in total. The molecule has 1 amide bonds. The molecule has 1 fully saturated rings. The third-order valence-corrected chi connectivity index (χ3v) is 5.50. The summed E-state index contributed by atoms with van der Waals surface area (Å²) >= 11 is 5.82. The lowest BCUT2D eigenvalue weighted by molar-refractivity contribution is 0.0302. The van der Waals surface area contributed by atoms with Gasteiger partial charge >= 0.3 is 10.1 Å². The molecule has 2 aromatic carbocycles. The molecule has 1 heterocycles. The van der Waals surface area contributed by atoms with Crippen LogP contribution in [0.4, 0.5) is 4.39 Å². The Morgan fingerprint density at radius 1 is 1.15 bits per heavy atom. The molecule has 2 aromatic rings. The minimum atomic E-state index is -4.34. The molecule has 3 rings (SSSR count). The van der Waals surface area contributed by atoms with Gasteiger partial charge in [-0.15, -0.1) is 0 Å². The molecule has 0 atom stereocenters. The summed E-state index contributed by atoms with van der Waals surface area (Å²) < 4.78 is 48.5. The molecule has 0 N–H and O–H groups in total. The maximum absolute atomic E-state index is 13.2. The Bertz CT molecular complexity index is 929. The monoisotopic (exact) mass is 399 g/mol. The number of halogens is 2. The van der Waals surface area contributed by atoms with E-state index in [0.717, 1.165) is 18.2 Å². The number of benzene rings is 2. The number of morpholine rings is 1. The first-order valence-corrected chi connectivity index (χ1v) is 9.53. The minimum Gasteiger partial charge on any atom is -0.378 e. The van der Waals surface area contributed by atoms with Crippen LogP contribution in [0, 0.1) is 5.82 Å². The van der Waals surface area contributed by atoms with Gasteiger partial charge in [-0.3, -0.25) is 4.79 Å². The van der Waals surface area contributed by atoms with E-state index in [0.29, 0.717) is 26.3 Å². The average Bonchev–Trinajstić information content (AvgIpc) is 2.61. The molecule has 0 saturated carbocycles. The van der Waals surface area contributed by atoms with Gasteiger partial charge < -0.3 is 13.8 Å². The summed E-state index contributed by atoms with van der Waals surface area (Å²) in [4.78, 5) is 13.9. The highest BCUT2D eigenvalue weighted by Gasteiger charge is 2.26. The number of ether oxygens (including phenoxy) is 1. The predicted octanol–water partition coefficient (Wildman–Crippen LogP) is 2.72. The van der Waals surface area contributed by atoms with E-state index in [1.54, 1.807) is 17.0 Å². The summed E-state index contributed by atoms with van der Waals surface area (Å²) in [6.07, 6.45) is 0. The fraction of sp³-hybridized carbons (Fsp3) is 0.235. The van der Waals surface area contributed by atoms with Crippen LogP contribution in [0.5, 0.6) is 5.75 Å². The van der Waals surface area contributed by atoms with E-state index < -0.39 is 15.9 Å². The van der Waals surface area contributed by atoms with Gasteiger partial charge in [-0.2, -0.15) is 8.42 Å². The molecule has 26 heavy (non-hydrogen) atoms. The molecule has 1 aliphatic rings. The second-order valence-electron chi connectivity index (χ2n) is 5.51. The van der Waals surface area contributed by atoms with Gasteiger partial charge in [0.15, 0.2) is 5.75 Å². The summed E-state index contributed by atoms with van der Waals surface area (Å²) in [5.74, 6) is -1.15. The van der Waals surface area contributed by atoms with Crippen LogP contribution in [0.2, 0.25) is 5.02 Å². The Morgan fingerprint density at radius 3 is 2.54 bits per heavy atom. The number of nitrogens with zero attached hydrogens (tertiary/aromatic N) is 1. The topological polar surface area (TPSA) is 72.9 Å². The Hall–Kier alpha value is -2.16. The zero-order valence-electron chi connectivity index (χ0n) is 13.5. The smallest absolute Gasteiger partial charge is 0.340 e. The van der Waals surface area contributed by atoms with Crippen molar-refractivity contribution in [1.29, 1.82) is 0 Å². The molecular formula is C17H15ClFNO5S. The van der Waals surface area contributed by atoms with E-state index in [1.165, 1.54) is 12.1 Å². The molecule has 0 radical (unpaired) electrons. The summed E-state index contributed by atoms with van der Waals surface area (Å²) in [7, 11) is -4.34. The summed E-state index contributed by atoms with van der Waals surface area (Å²) in [5.41, 5.74) is 0.108. The number of rotatable bonds is 4. The Kier molecular flexibility index (Phi) is 5.45. The predicted molar refractivity (Wildman–Crippen MR) is 92.4 cm³/mol. The quantitative estimate of drug-likeness (QED) is 0.739. The Labute approximate surface area is 155 Å². The van der Waals surface area contributed by atoms with Crippen LogP contribution in [0.25, 0.3) is 0 Å². The number of carbonyl (C=O) groups excluding carboxylic acids is 1. The second kappa shape index (κ2) is 7.61. The Balaban J connectivity index is 1.91. The normalized spacial score (nSPS) is 14.9. The third kappa shape index (κ3) is 3.98. The van der Waals surface area contributed by atoms with Crippen molar-refractivity contribution in [2.75, 3.05) is 26.3 Å². The van der Waals surface area contributed by atoms with E-state index in [9.17, 15) is 17.6 Å². The molecule has 0 spiro atoms. The van der Waals surface area contributed by atoms with E-state index in [2.05, 4.69) is 0 Å². The van der Waals surface area contributed by atoms with Gasteiger partial charge in [0.05, 0.1) is 23.8 Å². The van der Waals surface area contributed by atoms with E-state index in [4.69, 9.17) is 20.5 Å². The SMILES string of the molecule is O=C(c1ccccc1OS(=O)(=O)c1ccc(F)cc1Cl)N1CCOCC1. The Morgan fingerprint density at radius 2 is 1.85 bits per heavy atom. The highest BCUT2D eigenvalue weighted by atomic mass is 35.5. The highest BCUT2D eigenvalue weighted by molar-refractivity contribution is 7.87. The van der Waals surface area contributed by atoms with E-state index >= 15 is 0 Å². The summed E-state index contributed by atoms with van der Waals surface area (Å²) in [6, 6.07) is 8.87. The third-order valence-electron chi connectivity index (χ3n) is 3.78. The lowest BCUT2D eigenvalue weighted by Gasteiger charge is -2.27. The molecule has 0 unspecified atom stereocenters. The number of para-hydroxylation sites is 1. The van der Waals surface area contributed by atoms with Gasteiger partial charge in [0.25, 0.3) is 5.91 Å². The van der Waals surface area contributed by atoms with Gasteiger partial charge in [0, 0.05) is 13.1 Å². The largest absolute Gasteiger partial charge is 0.378 e. The zero-order valence-corrected chi connectivity index (χ0v) is 15.1. The van der Waals surface area contributed by atoms with Gasteiger partial charge in [0.2, 0.25) is 0 Å². The number of amides is 1. The highest BCUT2D eigenvalue weighted by Crippen LogP contribution is 2.28. The maximum Gasteiger partial charge on any atom is 0.340 e. The first-order chi connectivity index (χ1) is 12.4. The minimum absolute atomic E-state index is 0.108. The molecule has 1 aliphatic heterocycles. The van der Waals surface area contributed by atoms with Gasteiger partial charge in [-0.25, -0.2) is 4.39 Å². The van der Waals surface area contributed by atoms with Crippen LogP contribution < -0.4 is 4.18 Å². The fourth-order valence-electron chi connectivity index (χ4n) is 2.49. The van der Waals surface area contributed by atoms with Crippen LogP contribution in [-0.4, -0.2) is 45.5 Å². The number of carbonyl (C=O) groups is 1. The van der Waals surface area contributed by atoms with Crippen molar-refractivity contribution >= 4 is 27.6 Å². The van der Waals surface area contributed by atoms with Gasteiger partial charge in [-0.1, -0.05) is 23.7 Å². The summed E-state index contributed by atoms with van der Waals surface area (Å²) in [5, 5.41) is -0.304. The van der Waals surface area contributed by atoms with Crippen LogP contribution >= 0.6 is 11.6 Å². The summed E-state index contributed by atoms with van der Waals surface area (Å²) in [6.45, 7) is 1.64. The van der Waals surface area contributed by atoms with Crippen molar-refractivity contribution in [2.24, 2.45) is 0 Å². The van der Waals surface area contributed by atoms with Crippen molar-refractivity contribution in [1.82, 2.24) is 4.90 Å². The molecule has 0 aromatic heterocycles. The van der Waals surface area contributed by atoms with Crippen LogP contribution in [0.15, 0.2) is 47.4 Å². The molecule has 9 heteroatoms. The molecule has 0 bridgehead atoms. The van der Waals surface area contributed by atoms with Crippen molar-refractivity contribution < 1.29 is 26.5 Å². The molecular weight excluding hydrogens is 385 g/mol. The maximum atomic E-state index is 13.2. The van der Waals surface area contributed by atoms with E-state index in [1.807, 2.05) is 0 Å². The van der Waals surface area contributed by atoms with Crippen molar-refractivity contribution in [2.45, 2.75) is 4.90 Å². The standard InChI is InChI=1S/C17H15ClFNO5S/c18-14-11-12(19)5-6-16(14)26(22,23)25-15-4-2-1-3-13(15)17(21)20-7-9-24-10-8-20/h1-6,11H,7-10H2. The van der Waals surface area contributed by atoms with Gasteiger partial charge in [0.1, 0.15) is 10.7 Å². The zero-order chi connectivity index (χ0) is 18.7. The first kappa shape index (κ1) is 18.6. The van der Waals surface area contributed by atoms with Crippen molar-refractivity contribution in [3.8, 4) is 5.75 Å². The van der Waals surface area contributed by atoms with Crippen LogP contribution in [-0.2, 0) is 14.9 Å². The molecule has 0 aliphatic carbocycles. The molecule has 1 saturated heterocycles. The first-order valence-electron chi connectivity index (χ1n) is 7.74. The van der Waals surface area contributed by atoms with E-state index in [-0.39, 0.29) is 27.1 Å². The lowest BCUT2D eigenvalue weighted by Crippen LogP contribution is -2.40. The average molecular weight is 400 g/mol. The second-order valence-corrected chi connectivity index (χ2v) is 7.43. The van der Waals surface area contributed by atoms with Crippen molar-refractivity contribution in [3.63, 3.8) is 0 Å². The van der Waals surface area contributed by atoms with Gasteiger partial charge in [-0.05, 0) is 30.3 Å². The molecule has 138 valence electrons. The number of hydrogen-bond donors (Lipinski definition) is 0. The lowest BCUT2D eigenvalue weighted by atomic mass is 10.1. The van der Waals surface area contributed by atoms with Crippen LogP contribution in [0.1, 0.15) is 10.4 Å². The number of hydrogen-bond acceptors (Lipinski definition) is 5. The van der Waals surface area contributed by atoms with Crippen molar-refractivity contribution in [3.05, 3.63) is 58.9 Å².